The first-order chi connectivity index (χ1) is 7.50. The Morgan fingerprint density at radius 1 is 0.375 bits per heavy atom. The van der Waals surface area contributed by atoms with Crippen LogP contribution in [0.3, 0.4) is 0 Å². The van der Waals surface area contributed by atoms with Crippen molar-refractivity contribution in [2.75, 3.05) is 0 Å². The monoisotopic (exact) mass is 376 g/mol. The van der Waals surface area contributed by atoms with Crippen molar-refractivity contribution in [3.63, 3.8) is 0 Å². The summed E-state index contributed by atoms with van der Waals surface area (Å²) in [4.78, 5) is 0. The van der Waals surface area contributed by atoms with Crippen LogP contribution in [0.4, 0.5) is 0 Å². The van der Waals surface area contributed by atoms with Crippen LogP contribution in [-0.4, -0.2) is 0 Å². The zero-order valence-corrected chi connectivity index (χ0v) is 12.3. The summed E-state index contributed by atoms with van der Waals surface area (Å²) >= 11 is 0. The Labute approximate surface area is 113 Å². The quantitative estimate of drug-likeness (QED) is 0.516. The molecule has 0 atom stereocenters. The largest absolute Gasteiger partial charge is 0.214 e. The van der Waals surface area contributed by atoms with Crippen LogP contribution >= 0.6 is 0 Å². The van der Waals surface area contributed by atoms with E-state index >= 15 is 0 Å². The van der Waals surface area contributed by atoms with Gasteiger partial charge in [-0.1, -0.05) is 0 Å². The summed E-state index contributed by atoms with van der Waals surface area (Å²) in [5.74, 6) is 0. The summed E-state index contributed by atoms with van der Waals surface area (Å²) in [7, 11) is 0. The molecule has 0 aliphatic rings. The van der Waals surface area contributed by atoms with Gasteiger partial charge >= 0.3 is 0 Å². The van der Waals surface area contributed by atoms with E-state index in [4.69, 9.17) is 0 Å². The van der Waals surface area contributed by atoms with Gasteiger partial charge in [0.25, 0.3) is 0 Å². The van der Waals surface area contributed by atoms with Crippen molar-refractivity contribution < 1.29 is 22.4 Å². The van der Waals surface area contributed by atoms with Gasteiger partial charge in [0.1, 0.15) is 0 Å². The molecule has 1 radical (unpaired) electrons. The van der Waals surface area contributed by atoms with Gasteiger partial charge in [-0.2, -0.15) is 54.6 Å². The van der Waals surface area contributed by atoms with Crippen molar-refractivity contribution in [2.24, 2.45) is 0 Å². The molecule has 0 unspecified atom stereocenters. The topological polar surface area (TPSA) is 0 Å². The molecule has 3 rings (SSSR count). The predicted molar refractivity (Wildman–Crippen MR) is 66.1 cm³/mol. The fourth-order valence-electron chi connectivity index (χ4n) is 0.962. The Kier molecular flexibility index (Phi) is 11.0. The number of hydrogen-bond acceptors (Lipinski definition) is 0. The summed E-state index contributed by atoms with van der Waals surface area (Å²) in [6.45, 7) is 0. The average Bonchev–Trinajstić information content (AvgIpc) is 3.09. The Balaban J connectivity index is 0.000000205. The molecule has 0 aliphatic carbocycles. The Hall–Kier alpha value is -1.21. The van der Waals surface area contributed by atoms with Crippen LogP contribution < -0.4 is 0 Å². The number of hydrogen-bond donors (Lipinski definition) is 0. The minimum atomic E-state index is 0. The minimum Gasteiger partial charge on any atom is -0.214 e. The SMILES string of the molecule is [Ta].c1cc[cH-]c1.c1cc[cH-]c1.c1cc[cH-]c1. The van der Waals surface area contributed by atoms with Crippen LogP contribution in [0.1, 0.15) is 0 Å². The van der Waals surface area contributed by atoms with Crippen molar-refractivity contribution in [1.82, 2.24) is 0 Å². The molecule has 0 amide bonds. The van der Waals surface area contributed by atoms with Gasteiger partial charge in [-0.05, 0) is 0 Å². The van der Waals surface area contributed by atoms with Crippen molar-refractivity contribution in [2.45, 2.75) is 0 Å². The van der Waals surface area contributed by atoms with Crippen molar-refractivity contribution in [3.05, 3.63) is 91.0 Å². The molecule has 1 heteroatoms. The smallest absolute Gasteiger partial charge is 0 e. The second-order valence-corrected chi connectivity index (χ2v) is 2.89. The fourth-order valence-corrected chi connectivity index (χ4v) is 0.962. The van der Waals surface area contributed by atoms with Gasteiger partial charge in [0.2, 0.25) is 0 Å². The molecule has 3 aromatic rings. The fraction of sp³-hybridized carbons (Fsp3) is 0. The first kappa shape index (κ1) is 14.8. The summed E-state index contributed by atoms with van der Waals surface area (Å²) in [6.07, 6.45) is 0. The zero-order chi connectivity index (χ0) is 10.6. The van der Waals surface area contributed by atoms with E-state index in [9.17, 15) is 0 Å². The summed E-state index contributed by atoms with van der Waals surface area (Å²) < 4.78 is 0. The van der Waals surface area contributed by atoms with Crippen molar-refractivity contribution in [1.29, 1.82) is 0 Å². The van der Waals surface area contributed by atoms with Crippen LogP contribution in [0, 0.1) is 0 Å². The second kappa shape index (κ2) is 11.9. The summed E-state index contributed by atoms with van der Waals surface area (Å²) in [5.41, 5.74) is 0. The average molecular weight is 376 g/mol. The van der Waals surface area contributed by atoms with Gasteiger partial charge in [0, 0.05) is 22.4 Å². The molecular weight excluding hydrogens is 361 g/mol. The van der Waals surface area contributed by atoms with Gasteiger partial charge in [0.05, 0.1) is 0 Å². The van der Waals surface area contributed by atoms with Gasteiger partial charge in [-0.15, -0.1) is 0 Å². The van der Waals surface area contributed by atoms with E-state index in [2.05, 4.69) is 0 Å². The maximum Gasteiger partial charge on any atom is 0 e. The molecule has 0 nitrogen and oxygen atoms in total. The van der Waals surface area contributed by atoms with Crippen LogP contribution in [0.25, 0.3) is 0 Å². The molecule has 3 aromatic carbocycles. The molecule has 0 heterocycles. The molecule has 0 aliphatic heterocycles. The summed E-state index contributed by atoms with van der Waals surface area (Å²) in [6, 6.07) is 30.0. The maximum atomic E-state index is 2.00. The molecule has 0 spiro atoms. The second-order valence-electron chi connectivity index (χ2n) is 2.89. The van der Waals surface area contributed by atoms with E-state index in [0.29, 0.717) is 0 Å². The van der Waals surface area contributed by atoms with E-state index in [1.807, 2.05) is 91.0 Å². The van der Waals surface area contributed by atoms with Crippen molar-refractivity contribution >= 4 is 0 Å². The molecule has 16 heavy (non-hydrogen) atoms. The molecular formula is C15H15Ta-3. The van der Waals surface area contributed by atoms with Gasteiger partial charge in [-0.25, -0.2) is 36.4 Å². The van der Waals surface area contributed by atoms with E-state index < -0.39 is 0 Å². The molecule has 0 saturated carbocycles. The Morgan fingerprint density at radius 2 is 0.562 bits per heavy atom. The molecule has 0 bridgehead atoms. The van der Waals surface area contributed by atoms with E-state index in [0.717, 1.165) is 0 Å². The van der Waals surface area contributed by atoms with Gasteiger partial charge in [-0.3, -0.25) is 0 Å². The van der Waals surface area contributed by atoms with Crippen molar-refractivity contribution in [3.8, 4) is 0 Å². The van der Waals surface area contributed by atoms with Crippen LogP contribution in [0.5, 0.6) is 0 Å². The van der Waals surface area contributed by atoms with Crippen LogP contribution in [0.15, 0.2) is 91.0 Å². The van der Waals surface area contributed by atoms with E-state index in [1.165, 1.54) is 0 Å². The molecule has 0 aromatic heterocycles. The van der Waals surface area contributed by atoms with E-state index in [1.54, 1.807) is 0 Å². The first-order valence-corrected chi connectivity index (χ1v) is 5.00. The first-order valence-electron chi connectivity index (χ1n) is 5.00. The Bertz CT molecular complexity index is 237. The number of rotatable bonds is 0. The normalized spacial score (nSPS) is 7.50. The summed E-state index contributed by atoms with van der Waals surface area (Å²) in [5, 5.41) is 0. The molecule has 83 valence electrons. The third-order valence-corrected chi connectivity index (χ3v) is 1.67. The zero-order valence-electron chi connectivity index (χ0n) is 9.11. The minimum absolute atomic E-state index is 0. The molecule has 0 fully saturated rings. The van der Waals surface area contributed by atoms with Crippen LogP contribution in [0.2, 0.25) is 0 Å². The van der Waals surface area contributed by atoms with E-state index in [-0.39, 0.29) is 22.4 Å². The standard InChI is InChI=1S/3C5H5.Ta/c3*1-2-4-5-3-1;/h3*1-5H;/q3*-1;. The van der Waals surface area contributed by atoms with Crippen LogP contribution in [-0.2, 0) is 22.4 Å². The van der Waals surface area contributed by atoms with Gasteiger partial charge < -0.3 is 0 Å². The third kappa shape index (κ3) is 9.35. The predicted octanol–water partition coefficient (Wildman–Crippen LogP) is 4.21. The van der Waals surface area contributed by atoms with Gasteiger partial charge in [0.15, 0.2) is 0 Å². The molecule has 0 saturated heterocycles. The maximum absolute atomic E-state index is 2.00. The molecule has 0 N–H and O–H groups in total. The Morgan fingerprint density at radius 3 is 0.625 bits per heavy atom. The third-order valence-electron chi connectivity index (χ3n) is 1.67.